The Bertz CT molecular complexity index is 934. The Labute approximate surface area is 152 Å². The highest BCUT2D eigenvalue weighted by molar-refractivity contribution is 5.95. The third kappa shape index (κ3) is 3.04. The number of carbonyl (C=O) groups excluding carboxylic acids is 1. The zero-order valence-electron chi connectivity index (χ0n) is 14.6. The van der Waals surface area contributed by atoms with Gasteiger partial charge in [0.1, 0.15) is 6.54 Å². The number of hydrogen-bond donors (Lipinski definition) is 2. The third-order valence-corrected chi connectivity index (χ3v) is 4.75. The van der Waals surface area contributed by atoms with E-state index in [1.165, 1.54) is 5.56 Å². The first-order valence-electron chi connectivity index (χ1n) is 8.96. The van der Waals surface area contributed by atoms with Crippen molar-refractivity contribution in [3.8, 4) is 0 Å². The van der Waals surface area contributed by atoms with Gasteiger partial charge in [0.25, 0.3) is 0 Å². The fourth-order valence-corrected chi connectivity index (χ4v) is 3.55. The maximum absolute atomic E-state index is 13.1. The van der Waals surface area contributed by atoms with Crippen LogP contribution in [0.4, 0.5) is 11.6 Å². The van der Waals surface area contributed by atoms with Crippen molar-refractivity contribution in [3.05, 3.63) is 54.1 Å². The third-order valence-electron chi connectivity index (χ3n) is 4.75. The first kappa shape index (κ1) is 16.6. The van der Waals surface area contributed by atoms with Gasteiger partial charge in [0.15, 0.2) is 0 Å². The molecule has 2 heterocycles. The Kier molecular flexibility index (Phi) is 4.58. The summed E-state index contributed by atoms with van der Waals surface area (Å²) in [6, 6.07) is 15.9. The van der Waals surface area contributed by atoms with Gasteiger partial charge in [-0.2, -0.15) is 0 Å². The zero-order chi connectivity index (χ0) is 17.9. The number of fused-ring (bicyclic) bond motifs is 2. The molecular weight excluding hydrogens is 328 g/mol. The highest BCUT2D eigenvalue weighted by atomic mass is 16.3. The summed E-state index contributed by atoms with van der Waals surface area (Å²) in [6.45, 7) is 1.35. The van der Waals surface area contributed by atoms with Gasteiger partial charge in [-0.25, -0.2) is 4.98 Å². The second-order valence-electron chi connectivity index (χ2n) is 6.44. The number of aliphatic hydroxyl groups excluding tert-OH is 1. The molecule has 134 valence electrons. The molecule has 0 atom stereocenters. The van der Waals surface area contributed by atoms with Crippen molar-refractivity contribution in [1.29, 1.82) is 0 Å². The van der Waals surface area contributed by atoms with Crippen LogP contribution in [0.15, 0.2) is 48.5 Å². The quantitative estimate of drug-likeness (QED) is 0.741. The van der Waals surface area contributed by atoms with Crippen LogP contribution in [0, 0.1) is 0 Å². The molecule has 0 spiro atoms. The minimum Gasteiger partial charge on any atom is -0.395 e. The molecule has 6 nitrogen and oxygen atoms in total. The van der Waals surface area contributed by atoms with Gasteiger partial charge in [-0.3, -0.25) is 4.79 Å². The predicted octanol–water partition coefficient (Wildman–Crippen LogP) is 2.42. The lowest BCUT2D eigenvalue weighted by molar-refractivity contribution is -0.119. The van der Waals surface area contributed by atoms with Crippen molar-refractivity contribution >= 4 is 28.6 Å². The molecule has 2 aromatic carbocycles. The van der Waals surface area contributed by atoms with Crippen LogP contribution in [0.25, 0.3) is 11.0 Å². The molecule has 0 unspecified atom stereocenters. The number of nitrogens with zero attached hydrogens (tertiary/aromatic N) is 3. The summed E-state index contributed by atoms with van der Waals surface area (Å²) in [5, 5.41) is 12.2. The van der Waals surface area contributed by atoms with Crippen LogP contribution in [0.1, 0.15) is 12.0 Å². The average molecular weight is 350 g/mol. The fourth-order valence-electron chi connectivity index (χ4n) is 3.55. The van der Waals surface area contributed by atoms with Gasteiger partial charge in [-0.1, -0.05) is 30.3 Å². The van der Waals surface area contributed by atoms with E-state index in [0.29, 0.717) is 12.5 Å². The molecule has 3 aromatic rings. The molecule has 6 heteroatoms. The van der Waals surface area contributed by atoms with Crippen molar-refractivity contribution in [3.63, 3.8) is 0 Å². The Hall–Kier alpha value is -2.86. The Morgan fingerprint density at radius 2 is 1.96 bits per heavy atom. The van der Waals surface area contributed by atoms with Crippen molar-refractivity contribution in [2.24, 2.45) is 0 Å². The normalized spacial score (nSPS) is 13.7. The number of rotatable bonds is 5. The van der Waals surface area contributed by atoms with E-state index < -0.39 is 0 Å². The van der Waals surface area contributed by atoms with Crippen LogP contribution in [0.2, 0.25) is 0 Å². The first-order chi connectivity index (χ1) is 12.8. The van der Waals surface area contributed by atoms with Crippen LogP contribution in [-0.2, 0) is 17.8 Å². The molecule has 0 fully saturated rings. The molecule has 1 amide bonds. The van der Waals surface area contributed by atoms with E-state index in [1.54, 1.807) is 0 Å². The highest BCUT2D eigenvalue weighted by Crippen LogP contribution is 2.28. The maximum atomic E-state index is 13.1. The molecule has 1 aliphatic rings. The minimum atomic E-state index is 0.0106. The Morgan fingerprint density at radius 1 is 1.15 bits per heavy atom. The van der Waals surface area contributed by atoms with E-state index in [9.17, 15) is 4.79 Å². The van der Waals surface area contributed by atoms with Crippen LogP contribution < -0.4 is 10.2 Å². The van der Waals surface area contributed by atoms with Crippen molar-refractivity contribution in [1.82, 2.24) is 9.55 Å². The lowest BCUT2D eigenvalue weighted by Gasteiger charge is -2.29. The SMILES string of the molecule is O=C(Cn1c(NCCO)nc2ccccc21)N1CCCc2ccccc21. The molecule has 4 rings (SSSR count). The standard InChI is InChI=1S/C20H22N4O2/c25-13-11-21-20-22-16-8-2-4-10-18(16)24(20)14-19(26)23-12-5-7-15-6-1-3-9-17(15)23/h1-4,6,8-10,25H,5,7,11-14H2,(H,21,22). The second kappa shape index (κ2) is 7.17. The van der Waals surface area contributed by atoms with E-state index in [2.05, 4.69) is 16.4 Å². The molecule has 1 aliphatic heterocycles. The Balaban J connectivity index is 1.66. The first-order valence-corrected chi connectivity index (χ1v) is 8.96. The Morgan fingerprint density at radius 3 is 2.85 bits per heavy atom. The highest BCUT2D eigenvalue weighted by Gasteiger charge is 2.23. The van der Waals surface area contributed by atoms with Gasteiger partial charge in [0.05, 0.1) is 17.6 Å². The number of aromatic nitrogens is 2. The van der Waals surface area contributed by atoms with Crippen LogP contribution in [-0.4, -0.2) is 40.3 Å². The van der Waals surface area contributed by atoms with E-state index in [4.69, 9.17) is 5.11 Å². The van der Waals surface area contributed by atoms with E-state index in [0.717, 1.165) is 36.1 Å². The molecule has 2 N–H and O–H groups in total. The topological polar surface area (TPSA) is 70.4 Å². The largest absolute Gasteiger partial charge is 0.395 e. The van der Waals surface area contributed by atoms with Gasteiger partial charge in [0.2, 0.25) is 11.9 Å². The predicted molar refractivity (Wildman–Crippen MR) is 102 cm³/mol. The number of aryl methyl sites for hydroxylation is 1. The van der Waals surface area contributed by atoms with Crippen LogP contribution in [0.3, 0.4) is 0 Å². The number of carbonyl (C=O) groups is 1. The van der Waals surface area contributed by atoms with Crippen molar-refractivity contribution in [2.75, 3.05) is 29.9 Å². The zero-order valence-corrected chi connectivity index (χ0v) is 14.6. The molecule has 0 aliphatic carbocycles. The molecular formula is C20H22N4O2. The number of imidazole rings is 1. The monoisotopic (exact) mass is 350 g/mol. The smallest absolute Gasteiger partial charge is 0.247 e. The molecule has 0 bridgehead atoms. The summed E-state index contributed by atoms with van der Waals surface area (Å²) in [6.07, 6.45) is 1.99. The second-order valence-corrected chi connectivity index (χ2v) is 6.44. The summed E-state index contributed by atoms with van der Waals surface area (Å²) in [7, 11) is 0. The van der Waals surface area contributed by atoms with E-state index in [-0.39, 0.29) is 19.1 Å². The fraction of sp³-hybridized carbons (Fsp3) is 0.300. The van der Waals surface area contributed by atoms with Crippen LogP contribution >= 0.6 is 0 Å². The number of para-hydroxylation sites is 3. The van der Waals surface area contributed by atoms with Gasteiger partial charge >= 0.3 is 0 Å². The molecule has 0 saturated carbocycles. The lowest BCUT2D eigenvalue weighted by Crippen LogP contribution is -2.37. The summed E-state index contributed by atoms with van der Waals surface area (Å²) in [4.78, 5) is 19.5. The van der Waals surface area contributed by atoms with Gasteiger partial charge in [0, 0.05) is 18.8 Å². The summed E-state index contributed by atoms with van der Waals surface area (Å²) >= 11 is 0. The molecule has 1 aromatic heterocycles. The number of aliphatic hydroxyl groups is 1. The van der Waals surface area contributed by atoms with Crippen molar-refractivity contribution in [2.45, 2.75) is 19.4 Å². The van der Waals surface area contributed by atoms with Gasteiger partial charge in [-0.15, -0.1) is 0 Å². The minimum absolute atomic E-state index is 0.0106. The number of amides is 1. The summed E-state index contributed by atoms with van der Waals surface area (Å²) in [5.41, 5.74) is 3.98. The molecule has 0 radical (unpaired) electrons. The maximum Gasteiger partial charge on any atom is 0.247 e. The summed E-state index contributed by atoms with van der Waals surface area (Å²) in [5.74, 6) is 0.659. The van der Waals surface area contributed by atoms with Crippen molar-refractivity contribution < 1.29 is 9.90 Å². The number of anilines is 2. The molecule has 26 heavy (non-hydrogen) atoms. The van der Waals surface area contributed by atoms with Gasteiger partial charge in [-0.05, 0) is 36.6 Å². The van der Waals surface area contributed by atoms with Crippen LogP contribution in [0.5, 0.6) is 0 Å². The number of hydrogen-bond acceptors (Lipinski definition) is 4. The summed E-state index contributed by atoms with van der Waals surface area (Å²) < 4.78 is 1.89. The lowest BCUT2D eigenvalue weighted by atomic mass is 10.0. The van der Waals surface area contributed by atoms with Gasteiger partial charge < -0.3 is 19.9 Å². The van der Waals surface area contributed by atoms with E-state index >= 15 is 0 Å². The average Bonchev–Trinajstić information content (AvgIpc) is 3.03. The molecule has 0 saturated heterocycles. The number of benzene rings is 2. The number of nitrogens with one attached hydrogen (secondary N) is 1. The van der Waals surface area contributed by atoms with E-state index in [1.807, 2.05) is 51.9 Å².